The topological polar surface area (TPSA) is 98.2 Å². The van der Waals surface area contributed by atoms with Gasteiger partial charge in [0, 0.05) is 0 Å². The Hall–Kier alpha value is -2.85. The summed E-state index contributed by atoms with van der Waals surface area (Å²) in [6.07, 6.45) is -4.07. The lowest BCUT2D eigenvalue weighted by Gasteiger charge is -2.07. The molecule has 0 aliphatic rings. The van der Waals surface area contributed by atoms with E-state index < -0.39 is 22.0 Å². The van der Waals surface area contributed by atoms with Crippen LogP contribution in [0.5, 0.6) is 0 Å². The minimum absolute atomic E-state index is 0.136. The van der Waals surface area contributed by atoms with Crippen LogP contribution in [-0.4, -0.2) is 28.5 Å². The van der Waals surface area contributed by atoms with Gasteiger partial charge in [-0.2, -0.15) is 26.7 Å². The van der Waals surface area contributed by atoms with Gasteiger partial charge in [0.15, 0.2) is 5.69 Å². The van der Waals surface area contributed by atoms with Gasteiger partial charge in [0.1, 0.15) is 5.82 Å². The smallest absolute Gasteiger partial charge is 0.383 e. The van der Waals surface area contributed by atoms with Crippen LogP contribution in [0.2, 0.25) is 0 Å². The second-order valence-corrected chi connectivity index (χ2v) is 8.01. The number of aromatic nitrogens is 2. The number of halogens is 3. The number of rotatable bonds is 6. The van der Waals surface area contributed by atoms with Crippen molar-refractivity contribution < 1.29 is 26.1 Å². The number of hydrogen-bond acceptors (Lipinski definition) is 4. The summed E-state index contributed by atoms with van der Waals surface area (Å²) in [4.78, 5) is 0. The molecule has 0 atom stereocenters. The van der Waals surface area contributed by atoms with E-state index >= 15 is 0 Å². The first-order valence-electron chi connectivity index (χ1n) is 8.62. The first-order chi connectivity index (χ1) is 13.6. The number of alkyl halides is 3. The van der Waals surface area contributed by atoms with Crippen molar-refractivity contribution in [1.29, 1.82) is 0 Å². The summed E-state index contributed by atoms with van der Waals surface area (Å²) in [5.41, 5.74) is 6.20. The summed E-state index contributed by atoms with van der Waals surface area (Å²) in [6, 6.07) is 14.4. The van der Waals surface area contributed by atoms with Crippen LogP contribution in [0.25, 0.3) is 16.8 Å². The fourth-order valence-corrected chi connectivity index (χ4v) is 3.49. The van der Waals surface area contributed by atoms with Crippen LogP contribution in [0.3, 0.4) is 0 Å². The fraction of sp³-hybridized carbons (Fsp3) is 0.211. The molecule has 0 fully saturated rings. The molecule has 2 aromatic carbocycles. The highest BCUT2D eigenvalue weighted by Crippen LogP contribution is 2.40. The van der Waals surface area contributed by atoms with E-state index in [1.54, 1.807) is 42.5 Å². The van der Waals surface area contributed by atoms with Crippen LogP contribution in [0.15, 0.2) is 54.6 Å². The molecule has 29 heavy (non-hydrogen) atoms. The predicted octanol–water partition coefficient (Wildman–Crippen LogP) is 3.96. The molecule has 6 nitrogen and oxygen atoms in total. The van der Waals surface area contributed by atoms with Crippen molar-refractivity contribution in [3.05, 3.63) is 65.9 Å². The van der Waals surface area contributed by atoms with E-state index in [0.29, 0.717) is 17.7 Å². The standard InChI is InChI=1S/C19H18F3N3O3S/c20-19(21,22)17-16(14-6-2-1-3-7-14)18(23)25(24-17)15-10-8-13(9-11-15)5-4-12-29(26,27)28/h1-3,6-11H,4-5,12,23H2,(H,26,27,28). The Morgan fingerprint density at radius 3 is 2.21 bits per heavy atom. The molecule has 0 aliphatic heterocycles. The van der Waals surface area contributed by atoms with Crippen molar-refractivity contribution in [2.24, 2.45) is 0 Å². The van der Waals surface area contributed by atoms with Crippen LogP contribution in [-0.2, 0) is 22.7 Å². The minimum atomic E-state index is -4.68. The third kappa shape index (κ3) is 4.96. The molecular formula is C19H18F3N3O3S. The van der Waals surface area contributed by atoms with E-state index in [-0.39, 0.29) is 23.6 Å². The number of nitrogens with zero attached hydrogens (tertiary/aromatic N) is 2. The second kappa shape index (κ2) is 7.88. The largest absolute Gasteiger partial charge is 0.435 e. The maximum atomic E-state index is 13.5. The van der Waals surface area contributed by atoms with Crippen molar-refractivity contribution in [2.45, 2.75) is 19.0 Å². The molecule has 0 aliphatic carbocycles. The van der Waals surface area contributed by atoms with Gasteiger partial charge in [0.2, 0.25) is 0 Å². The number of anilines is 1. The van der Waals surface area contributed by atoms with E-state index in [9.17, 15) is 21.6 Å². The number of hydrogen-bond donors (Lipinski definition) is 2. The number of aryl methyl sites for hydroxylation is 1. The highest BCUT2D eigenvalue weighted by Gasteiger charge is 2.39. The molecule has 3 N–H and O–H groups in total. The Labute approximate surface area is 165 Å². The van der Waals surface area contributed by atoms with Crippen molar-refractivity contribution >= 4 is 15.9 Å². The van der Waals surface area contributed by atoms with Crippen LogP contribution in [0.4, 0.5) is 19.0 Å². The molecule has 3 aromatic rings. The van der Waals surface area contributed by atoms with Crippen LogP contribution >= 0.6 is 0 Å². The molecule has 0 saturated heterocycles. The van der Waals surface area contributed by atoms with Gasteiger partial charge in [-0.1, -0.05) is 42.5 Å². The zero-order chi connectivity index (χ0) is 21.2. The van der Waals surface area contributed by atoms with Gasteiger partial charge >= 0.3 is 6.18 Å². The summed E-state index contributed by atoms with van der Waals surface area (Å²) in [6.45, 7) is 0. The van der Waals surface area contributed by atoms with Crippen molar-refractivity contribution in [2.75, 3.05) is 11.5 Å². The number of nitrogens with two attached hydrogens (primary N) is 1. The van der Waals surface area contributed by atoms with Gasteiger partial charge in [-0.05, 0) is 36.1 Å². The minimum Gasteiger partial charge on any atom is -0.383 e. The summed E-state index contributed by atoms with van der Waals surface area (Å²) in [7, 11) is -4.03. The van der Waals surface area contributed by atoms with Gasteiger partial charge in [-0.15, -0.1) is 0 Å². The normalized spacial score (nSPS) is 12.3. The molecule has 0 unspecified atom stereocenters. The molecule has 0 radical (unpaired) electrons. The molecule has 0 bridgehead atoms. The van der Waals surface area contributed by atoms with E-state index in [4.69, 9.17) is 10.3 Å². The van der Waals surface area contributed by atoms with Crippen LogP contribution in [0.1, 0.15) is 17.7 Å². The zero-order valence-corrected chi connectivity index (χ0v) is 15.9. The van der Waals surface area contributed by atoms with Gasteiger partial charge in [-0.25, -0.2) is 4.68 Å². The molecule has 1 aromatic heterocycles. The van der Waals surface area contributed by atoms with E-state index in [1.165, 1.54) is 12.1 Å². The maximum absolute atomic E-state index is 13.5. The molecule has 154 valence electrons. The number of benzene rings is 2. The molecule has 0 spiro atoms. The third-order valence-corrected chi connectivity index (χ3v) is 5.11. The Bertz CT molecular complexity index is 1090. The van der Waals surface area contributed by atoms with Crippen molar-refractivity contribution in [3.8, 4) is 16.8 Å². The SMILES string of the molecule is Nc1c(-c2ccccc2)c(C(F)(F)F)nn1-c1ccc(CCCS(=O)(=O)O)cc1. The first-order valence-corrected chi connectivity index (χ1v) is 10.2. The Kier molecular flexibility index (Phi) is 5.67. The van der Waals surface area contributed by atoms with Gasteiger partial charge in [0.05, 0.1) is 17.0 Å². The van der Waals surface area contributed by atoms with E-state index in [0.717, 1.165) is 10.2 Å². The van der Waals surface area contributed by atoms with Crippen LogP contribution in [0, 0.1) is 0 Å². The monoisotopic (exact) mass is 425 g/mol. The van der Waals surface area contributed by atoms with Gasteiger partial charge in [-0.3, -0.25) is 4.55 Å². The highest BCUT2D eigenvalue weighted by molar-refractivity contribution is 7.85. The van der Waals surface area contributed by atoms with Gasteiger partial charge < -0.3 is 5.73 Å². The second-order valence-electron chi connectivity index (χ2n) is 6.44. The Morgan fingerprint density at radius 2 is 1.66 bits per heavy atom. The first kappa shape index (κ1) is 20.9. The lowest BCUT2D eigenvalue weighted by atomic mass is 10.1. The summed E-state index contributed by atoms with van der Waals surface area (Å²) < 4.78 is 72.0. The zero-order valence-electron chi connectivity index (χ0n) is 15.1. The lowest BCUT2D eigenvalue weighted by molar-refractivity contribution is -0.140. The Balaban J connectivity index is 1.94. The molecular weight excluding hydrogens is 407 g/mol. The van der Waals surface area contributed by atoms with Crippen molar-refractivity contribution in [1.82, 2.24) is 9.78 Å². The Morgan fingerprint density at radius 1 is 1.03 bits per heavy atom. The average Bonchev–Trinajstić information content (AvgIpc) is 3.00. The number of nitrogen functional groups attached to an aromatic ring is 1. The van der Waals surface area contributed by atoms with Crippen molar-refractivity contribution in [3.63, 3.8) is 0 Å². The lowest BCUT2D eigenvalue weighted by Crippen LogP contribution is -2.08. The molecule has 0 amide bonds. The third-order valence-electron chi connectivity index (χ3n) is 4.30. The van der Waals surface area contributed by atoms with E-state index in [1.807, 2.05) is 0 Å². The predicted molar refractivity (Wildman–Crippen MR) is 103 cm³/mol. The molecule has 0 saturated carbocycles. The summed E-state index contributed by atoms with van der Waals surface area (Å²) in [5, 5.41) is 3.71. The van der Waals surface area contributed by atoms with Crippen LogP contribution < -0.4 is 5.73 Å². The summed E-state index contributed by atoms with van der Waals surface area (Å²) >= 11 is 0. The van der Waals surface area contributed by atoms with Gasteiger partial charge in [0.25, 0.3) is 10.1 Å². The quantitative estimate of drug-likeness (QED) is 0.583. The fourth-order valence-electron chi connectivity index (χ4n) is 2.98. The average molecular weight is 425 g/mol. The summed E-state index contributed by atoms with van der Waals surface area (Å²) in [5.74, 6) is -0.501. The molecule has 1 heterocycles. The highest BCUT2D eigenvalue weighted by atomic mass is 32.2. The molecule has 10 heteroatoms. The van der Waals surface area contributed by atoms with E-state index in [2.05, 4.69) is 5.10 Å². The maximum Gasteiger partial charge on any atom is 0.435 e. The molecule has 3 rings (SSSR count).